The SMILES string of the molecule is Cc1ccc(Cl)cc1N1CCN(C(=O)c2cc(N3CCCC3)ncn2)CC1. The molecule has 2 aliphatic heterocycles. The number of hydrogen-bond acceptors (Lipinski definition) is 5. The average molecular weight is 386 g/mol. The van der Waals surface area contributed by atoms with Gasteiger partial charge in [-0.1, -0.05) is 17.7 Å². The zero-order valence-electron chi connectivity index (χ0n) is 15.6. The van der Waals surface area contributed by atoms with E-state index in [9.17, 15) is 4.79 Å². The van der Waals surface area contributed by atoms with Gasteiger partial charge in [0.25, 0.3) is 5.91 Å². The third-order valence-corrected chi connectivity index (χ3v) is 5.62. The Morgan fingerprint density at radius 3 is 2.44 bits per heavy atom. The molecule has 2 aliphatic rings. The van der Waals surface area contributed by atoms with E-state index >= 15 is 0 Å². The fraction of sp³-hybridized carbons (Fsp3) is 0.450. The van der Waals surface area contributed by atoms with Crippen LogP contribution < -0.4 is 9.80 Å². The van der Waals surface area contributed by atoms with Crippen LogP contribution in [0.1, 0.15) is 28.9 Å². The van der Waals surface area contributed by atoms with Gasteiger partial charge >= 0.3 is 0 Å². The Balaban J connectivity index is 1.43. The van der Waals surface area contributed by atoms with Gasteiger partial charge in [0, 0.05) is 56.0 Å². The topological polar surface area (TPSA) is 52.6 Å². The number of carbonyl (C=O) groups excluding carboxylic acids is 1. The molecule has 0 radical (unpaired) electrons. The molecule has 1 aromatic heterocycles. The van der Waals surface area contributed by atoms with Crippen molar-refractivity contribution in [1.29, 1.82) is 0 Å². The van der Waals surface area contributed by atoms with Gasteiger partial charge in [-0.05, 0) is 37.5 Å². The van der Waals surface area contributed by atoms with Gasteiger partial charge in [0.15, 0.2) is 0 Å². The van der Waals surface area contributed by atoms with Crippen LogP contribution in [-0.4, -0.2) is 60.0 Å². The molecule has 0 N–H and O–H groups in total. The lowest BCUT2D eigenvalue weighted by Gasteiger charge is -2.36. The van der Waals surface area contributed by atoms with E-state index in [0.717, 1.165) is 42.7 Å². The first-order valence-electron chi connectivity index (χ1n) is 9.49. The standard InChI is InChI=1S/C20H24ClN5O/c1-15-4-5-16(21)12-18(15)24-8-10-26(11-9-24)20(27)17-13-19(23-14-22-17)25-6-2-3-7-25/h4-5,12-14H,2-3,6-11H2,1H3. The Morgan fingerprint density at radius 1 is 0.963 bits per heavy atom. The molecule has 4 rings (SSSR count). The van der Waals surface area contributed by atoms with E-state index in [1.54, 1.807) is 0 Å². The molecule has 2 fully saturated rings. The molecular formula is C20H24ClN5O. The van der Waals surface area contributed by atoms with Crippen molar-refractivity contribution in [3.8, 4) is 0 Å². The van der Waals surface area contributed by atoms with Crippen LogP contribution in [0, 0.1) is 6.92 Å². The number of rotatable bonds is 3. The van der Waals surface area contributed by atoms with Gasteiger partial charge in [0.1, 0.15) is 17.8 Å². The highest BCUT2D eigenvalue weighted by Crippen LogP contribution is 2.26. The van der Waals surface area contributed by atoms with Crippen LogP contribution in [0.4, 0.5) is 11.5 Å². The molecule has 3 heterocycles. The van der Waals surface area contributed by atoms with Gasteiger partial charge < -0.3 is 14.7 Å². The second kappa shape index (κ2) is 7.72. The highest BCUT2D eigenvalue weighted by Gasteiger charge is 2.25. The van der Waals surface area contributed by atoms with E-state index in [-0.39, 0.29) is 5.91 Å². The molecule has 0 bridgehead atoms. The number of benzene rings is 1. The first-order chi connectivity index (χ1) is 13.1. The Bertz CT molecular complexity index is 829. The third-order valence-electron chi connectivity index (χ3n) is 5.38. The summed E-state index contributed by atoms with van der Waals surface area (Å²) in [5.74, 6) is 0.847. The summed E-state index contributed by atoms with van der Waals surface area (Å²) in [7, 11) is 0. The summed E-state index contributed by atoms with van der Waals surface area (Å²) in [6.45, 7) is 7.02. The molecule has 1 amide bonds. The quantitative estimate of drug-likeness (QED) is 0.813. The van der Waals surface area contributed by atoms with Crippen molar-refractivity contribution in [1.82, 2.24) is 14.9 Å². The van der Waals surface area contributed by atoms with E-state index in [4.69, 9.17) is 11.6 Å². The van der Waals surface area contributed by atoms with E-state index in [0.29, 0.717) is 18.8 Å². The van der Waals surface area contributed by atoms with Crippen LogP contribution in [0.25, 0.3) is 0 Å². The number of aromatic nitrogens is 2. The van der Waals surface area contributed by atoms with Gasteiger partial charge in [-0.3, -0.25) is 4.79 Å². The van der Waals surface area contributed by atoms with E-state index < -0.39 is 0 Å². The van der Waals surface area contributed by atoms with Gasteiger partial charge in [-0.15, -0.1) is 0 Å². The maximum absolute atomic E-state index is 12.9. The minimum absolute atomic E-state index is 0.0136. The number of nitrogens with zero attached hydrogens (tertiary/aromatic N) is 5. The zero-order chi connectivity index (χ0) is 18.8. The van der Waals surface area contributed by atoms with Crippen molar-refractivity contribution >= 4 is 29.0 Å². The molecular weight excluding hydrogens is 362 g/mol. The number of aryl methyl sites for hydroxylation is 1. The van der Waals surface area contributed by atoms with Gasteiger partial charge in [-0.25, -0.2) is 9.97 Å². The van der Waals surface area contributed by atoms with Crippen molar-refractivity contribution in [2.45, 2.75) is 19.8 Å². The molecule has 0 spiro atoms. The molecule has 27 heavy (non-hydrogen) atoms. The molecule has 0 atom stereocenters. The molecule has 0 aliphatic carbocycles. The monoisotopic (exact) mass is 385 g/mol. The predicted octanol–water partition coefficient (Wildman–Crippen LogP) is 3.00. The minimum Gasteiger partial charge on any atom is -0.368 e. The number of halogens is 1. The number of carbonyl (C=O) groups is 1. The van der Waals surface area contributed by atoms with Crippen molar-refractivity contribution < 1.29 is 4.79 Å². The Labute approximate surface area is 164 Å². The molecule has 2 aromatic rings. The number of amides is 1. The number of piperazine rings is 1. The van der Waals surface area contributed by atoms with Gasteiger partial charge in [0.05, 0.1) is 0 Å². The van der Waals surface area contributed by atoms with Gasteiger partial charge in [0.2, 0.25) is 0 Å². The minimum atomic E-state index is -0.0136. The van der Waals surface area contributed by atoms with E-state index in [1.807, 2.05) is 29.2 Å². The fourth-order valence-electron chi connectivity index (χ4n) is 3.82. The maximum atomic E-state index is 12.9. The number of anilines is 2. The lowest BCUT2D eigenvalue weighted by Crippen LogP contribution is -2.49. The summed E-state index contributed by atoms with van der Waals surface area (Å²) in [5.41, 5.74) is 2.83. The summed E-state index contributed by atoms with van der Waals surface area (Å²) in [4.78, 5) is 27.9. The predicted molar refractivity (Wildman–Crippen MR) is 108 cm³/mol. The first kappa shape index (κ1) is 18.0. The smallest absolute Gasteiger partial charge is 0.272 e. The highest BCUT2D eigenvalue weighted by molar-refractivity contribution is 6.30. The fourth-order valence-corrected chi connectivity index (χ4v) is 3.99. The summed E-state index contributed by atoms with van der Waals surface area (Å²) in [6.07, 6.45) is 3.86. The molecule has 6 nitrogen and oxygen atoms in total. The van der Waals surface area contributed by atoms with E-state index in [2.05, 4.69) is 26.7 Å². The van der Waals surface area contributed by atoms with Crippen molar-refractivity contribution in [2.24, 2.45) is 0 Å². The van der Waals surface area contributed by atoms with Crippen LogP contribution in [0.5, 0.6) is 0 Å². The van der Waals surface area contributed by atoms with Crippen LogP contribution in [-0.2, 0) is 0 Å². The lowest BCUT2D eigenvalue weighted by atomic mass is 10.1. The summed E-state index contributed by atoms with van der Waals surface area (Å²) < 4.78 is 0. The normalized spacial score (nSPS) is 17.5. The number of hydrogen-bond donors (Lipinski definition) is 0. The summed E-state index contributed by atoms with van der Waals surface area (Å²) in [6, 6.07) is 7.78. The van der Waals surface area contributed by atoms with Crippen LogP contribution in [0.15, 0.2) is 30.6 Å². The molecule has 7 heteroatoms. The van der Waals surface area contributed by atoms with Crippen LogP contribution in [0.3, 0.4) is 0 Å². The lowest BCUT2D eigenvalue weighted by molar-refractivity contribution is 0.0740. The largest absolute Gasteiger partial charge is 0.368 e. The Kier molecular flexibility index (Phi) is 5.16. The van der Waals surface area contributed by atoms with Gasteiger partial charge in [-0.2, -0.15) is 0 Å². The third kappa shape index (κ3) is 3.86. The summed E-state index contributed by atoms with van der Waals surface area (Å²) >= 11 is 6.15. The first-order valence-corrected chi connectivity index (χ1v) is 9.87. The average Bonchev–Trinajstić information content (AvgIpc) is 3.24. The molecule has 0 unspecified atom stereocenters. The molecule has 0 saturated carbocycles. The summed E-state index contributed by atoms with van der Waals surface area (Å²) in [5, 5.41) is 0.740. The second-order valence-corrected chi connectivity index (χ2v) is 7.60. The Hall–Kier alpha value is -2.34. The van der Waals surface area contributed by atoms with Crippen molar-refractivity contribution in [3.05, 3.63) is 46.9 Å². The zero-order valence-corrected chi connectivity index (χ0v) is 16.3. The van der Waals surface area contributed by atoms with E-state index in [1.165, 1.54) is 24.7 Å². The van der Waals surface area contributed by atoms with Crippen LogP contribution >= 0.6 is 11.6 Å². The molecule has 2 saturated heterocycles. The van der Waals surface area contributed by atoms with Crippen molar-refractivity contribution in [3.63, 3.8) is 0 Å². The Morgan fingerprint density at radius 2 is 1.70 bits per heavy atom. The molecule has 1 aromatic carbocycles. The maximum Gasteiger partial charge on any atom is 0.272 e. The second-order valence-electron chi connectivity index (χ2n) is 7.17. The highest BCUT2D eigenvalue weighted by atomic mass is 35.5. The van der Waals surface area contributed by atoms with Crippen LogP contribution in [0.2, 0.25) is 5.02 Å². The molecule has 142 valence electrons. The van der Waals surface area contributed by atoms with Crippen molar-refractivity contribution in [2.75, 3.05) is 49.1 Å².